The first kappa shape index (κ1) is 21.4. The predicted octanol–water partition coefficient (Wildman–Crippen LogP) is 4.71. The Bertz CT molecular complexity index is 1080. The highest BCUT2D eigenvalue weighted by molar-refractivity contribution is 6.32. The maximum Gasteiger partial charge on any atom is 0.324 e. The number of aromatic nitrogens is 3. The molecular weight excluding hydrogens is 412 g/mol. The number of hydrogen-bond acceptors (Lipinski definition) is 4. The summed E-state index contributed by atoms with van der Waals surface area (Å²) in [6, 6.07) is 9.88. The number of hydrogen-bond donors (Lipinski definition) is 1. The zero-order chi connectivity index (χ0) is 22.0. The third-order valence-corrected chi connectivity index (χ3v) is 6.20. The molecule has 164 valence electrons. The summed E-state index contributed by atoms with van der Waals surface area (Å²) in [6.07, 6.45) is 5.13. The number of aryl methyl sites for hydroxylation is 2. The molecule has 1 fully saturated rings. The van der Waals surface area contributed by atoms with E-state index in [1.807, 2.05) is 41.6 Å². The Morgan fingerprint density at radius 1 is 1.29 bits per heavy atom. The standard InChI is InChI=1S/C23H29ClN6O/c1-4-5-7-17-9-10-19-20(14-17)28(3)22(26-19)27-23(31)30-13-12-29(15-16(30)2)21-18(24)8-6-11-25-21/h6,8-11,14,16H,4-5,7,12-13,15H2,1-3H3,(H,26,27,31)/t16-/m1/s1. The number of piperazine rings is 1. The number of anilines is 2. The third kappa shape index (κ3) is 4.46. The molecule has 2 aromatic heterocycles. The lowest BCUT2D eigenvalue weighted by Gasteiger charge is -2.40. The van der Waals surface area contributed by atoms with Crippen LogP contribution in [0.2, 0.25) is 5.02 Å². The Balaban J connectivity index is 1.45. The van der Waals surface area contributed by atoms with E-state index in [1.165, 1.54) is 18.4 Å². The number of halogens is 1. The average molecular weight is 441 g/mol. The van der Waals surface area contributed by atoms with Gasteiger partial charge in [0.1, 0.15) is 5.82 Å². The van der Waals surface area contributed by atoms with Crippen LogP contribution in [0.1, 0.15) is 32.3 Å². The average Bonchev–Trinajstić information content (AvgIpc) is 3.07. The van der Waals surface area contributed by atoms with Gasteiger partial charge in [-0.2, -0.15) is 0 Å². The van der Waals surface area contributed by atoms with Gasteiger partial charge >= 0.3 is 6.03 Å². The number of fused-ring (bicyclic) bond motifs is 1. The molecule has 1 aromatic carbocycles. The molecule has 7 nitrogen and oxygen atoms in total. The zero-order valence-electron chi connectivity index (χ0n) is 18.3. The Labute approximate surface area is 188 Å². The van der Waals surface area contributed by atoms with E-state index >= 15 is 0 Å². The predicted molar refractivity (Wildman–Crippen MR) is 126 cm³/mol. The number of carbonyl (C=O) groups excluding carboxylic acids is 1. The van der Waals surface area contributed by atoms with E-state index < -0.39 is 0 Å². The van der Waals surface area contributed by atoms with Crippen LogP contribution in [0.25, 0.3) is 11.0 Å². The number of nitrogens with zero attached hydrogens (tertiary/aromatic N) is 5. The number of rotatable bonds is 5. The molecule has 1 saturated heterocycles. The Hall–Kier alpha value is -2.80. The molecule has 1 atom stereocenters. The highest BCUT2D eigenvalue weighted by Gasteiger charge is 2.29. The lowest BCUT2D eigenvalue weighted by atomic mass is 10.1. The number of imidazole rings is 1. The van der Waals surface area contributed by atoms with E-state index in [-0.39, 0.29) is 12.1 Å². The lowest BCUT2D eigenvalue weighted by Crippen LogP contribution is -2.55. The first-order valence-corrected chi connectivity index (χ1v) is 11.2. The molecule has 0 spiro atoms. The van der Waals surface area contributed by atoms with Gasteiger partial charge in [-0.25, -0.2) is 14.8 Å². The molecule has 31 heavy (non-hydrogen) atoms. The van der Waals surface area contributed by atoms with Gasteiger partial charge in [0.05, 0.1) is 16.1 Å². The highest BCUT2D eigenvalue weighted by Crippen LogP contribution is 2.26. The Kier molecular flexibility index (Phi) is 6.32. The van der Waals surface area contributed by atoms with Crippen molar-refractivity contribution < 1.29 is 4.79 Å². The summed E-state index contributed by atoms with van der Waals surface area (Å²) in [6.45, 7) is 6.18. The molecule has 0 unspecified atom stereocenters. The van der Waals surface area contributed by atoms with Crippen molar-refractivity contribution in [3.8, 4) is 0 Å². The first-order valence-electron chi connectivity index (χ1n) is 10.9. The summed E-state index contributed by atoms with van der Waals surface area (Å²) in [7, 11) is 1.94. The molecule has 0 aliphatic carbocycles. The molecule has 3 heterocycles. The third-order valence-electron chi connectivity index (χ3n) is 5.91. The van der Waals surface area contributed by atoms with Crippen molar-refractivity contribution in [3.63, 3.8) is 0 Å². The number of amides is 2. The van der Waals surface area contributed by atoms with Gasteiger partial charge in [-0.05, 0) is 49.6 Å². The summed E-state index contributed by atoms with van der Waals surface area (Å²) in [5, 5.41) is 3.64. The van der Waals surface area contributed by atoms with Crippen LogP contribution in [0, 0.1) is 0 Å². The van der Waals surface area contributed by atoms with E-state index in [0.717, 1.165) is 23.3 Å². The molecular formula is C23H29ClN6O. The van der Waals surface area contributed by atoms with Gasteiger partial charge < -0.3 is 14.4 Å². The molecule has 4 rings (SSSR count). The number of carbonyl (C=O) groups is 1. The molecule has 0 bridgehead atoms. The molecule has 3 aromatic rings. The quantitative estimate of drug-likeness (QED) is 0.624. The number of unbranched alkanes of at least 4 members (excludes halogenated alkanes) is 1. The second-order valence-electron chi connectivity index (χ2n) is 8.15. The number of pyridine rings is 1. The molecule has 0 radical (unpaired) electrons. The van der Waals surface area contributed by atoms with Crippen LogP contribution >= 0.6 is 11.6 Å². The van der Waals surface area contributed by atoms with E-state index in [4.69, 9.17) is 11.6 Å². The molecule has 2 amide bonds. The van der Waals surface area contributed by atoms with Gasteiger partial charge in [-0.1, -0.05) is 31.0 Å². The van der Waals surface area contributed by atoms with Crippen LogP contribution in [-0.2, 0) is 13.5 Å². The van der Waals surface area contributed by atoms with Crippen molar-refractivity contribution in [2.24, 2.45) is 7.05 Å². The zero-order valence-corrected chi connectivity index (χ0v) is 19.1. The van der Waals surface area contributed by atoms with Crippen molar-refractivity contribution in [3.05, 3.63) is 47.1 Å². The second kappa shape index (κ2) is 9.14. The smallest absolute Gasteiger partial charge is 0.324 e. The normalized spacial score (nSPS) is 16.7. The highest BCUT2D eigenvalue weighted by atomic mass is 35.5. The topological polar surface area (TPSA) is 66.3 Å². The Morgan fingerprint density at radius 2 is 2.13 bits per heavy atom. The van der Waals surface area contributed by atoms with Gasteiger partial charge in [0.15, 0.2) is 0 Å². The maximum atomic E-state index is 13.0. The summed E-state index contributed by atoms with van der Waals surface area (Å²) in [5.74, 6) is 1.33. The van der Waals surface area contributed by atoms with Crippen LogP contribution < -0.4 is 10.2 Å². The minimum atomic E-state index is -0.135. The van der Waals surface area contributed by atoms with Gasteiger partial charge in [-0.15, -0.1) is 0 Å². The van der Waals surface area contributed by atoms with Crippen LogP contribution in [0.15, 0.2) is 36.5 Å². The maximum absolute atomic E-state index is 13.0. The first-order chi connectivity index (χ1) is 15.0. The fourth-order valence-corrected chi connectivity index (χ4v) is 4.35. The minimum absolute atomic E-state index is 0.0159. The molecule has 1 N–H and O–H groups in total. The monoisotopic (exact) mass is 440 g/mol. The van der Waals surface area contributed by atoms with E-state index in [1.54, 1.807) is 6.20 Å². The summed E-state index contributed by atoms with van der Waals surface area (Å²) >= 11 is 6.30. The summed E-state index contributed by atoms with van der Waals surface area (Å²) < 4.78 is 1.96. The molecule has 1 aliphatic heterocycles. The van der Waals surface area contributed by atoms with Crippen LogP contribution in [0.4, 0.5) is 16.6 Å². The van der Waals surface area contributed by atoms with E-state index in [9.17, 15) is 4.79 Å². The van der Waals surface area contributed by atoms with Gasteiger partial charge in [0.2, 0.25) is 5.95 Å². The molecule has 0 saturated carbocycles. The Morgan fingerprint density at radius 3 is 2.87 bits per heavy atom. The summed E-state index contributed by atoms with van der Waals surface area (Å²) in [5.41, 5.74) is 3.22. The van der Waals surface area contributed by atoms with Crippen LogP contribution in [0.5, 0.6) is 0 Å². The van der Waals surface area contributed by atoms with Crippen LogP contribution in [0.3, 0.4) is 0 Å². The van der Waals surface area contributed by atoms with Crippen molar-refractivity contribution in [2.45, 2.75) is 39.2 Å². The van der Waals surface area contributed by atoms with Gasteiger partial charge in [0, 0.05) is 38.9 Å². The molecule has 1 aliphatic rings. The molecule has 8 heteroatoms. The fraction of sp³-hybridized carbons (Fsp3) is 0.435. The number of benzene rings is 1. The van der Waals surface area contributed by atoms with Crippen molar-refractivity contribution in [1.29, 1.82) is 0 Å². The number of urea groups is 1. The van der Waals surface area contributed by atoms with Crippen molar-refractivity contribution in [1.82, 2.24) is 19.4 Å². The lowest BCUT2D eigenvalue weighted by molar-refractivity contribution is 0.184. The van der Waals surface area contributed by atoms with Crippen LogP contribution in [-0.4, -0.2) is 51.1 Å². The van der Waals surface area contributed by atoms with Crippen molar-refractivity contribution >= 4 is 40.4 Å². The minimum Gasteiger partial charge on any atom is -0.352 e. The van der Waals surface area contributed by atoms with Gasteiger partial charge in [-0.3, -0.25) is 5.32 Å². The largest absolute Gasteiger partial charge is 0.352 e. The fourth-order valence-electron chi connectivity index (χ4n) is 4.11. The second-order valence-corrected chi connectivity index (χ2v) is 8.56. The van der Waals surface area contributed by atoms with Crippen molar-refractivity contribution in [2.75, 3.05) is 29.9 Å². The summed E-state index contributed by atoms with van der Waals surface area (Å²) in [4.78, 5) is 26.0. The van der Waals surface area contributed by atoms with Gasteiger partial charge in [0.25, 0.3) is 0 Å². The SMILES string of the molecule is CCCCc1ccc2nc(NC(=O)N3CCN(c4ncccc4Cl)C[C@H]3C)n(C)c2c1. The van der Waals surface area contributed by atoms with E-state index in [2.05, 4.69) is 39.2 Å². The van der Waals surface area contributed by atoms with E-state index in [0.29, 0.717) is 30.6 Å². The number of nitrogens with one attached hydrogen (secondary N) is 1.